The largest absolute Gasteiger partial charge is 0.289 e. The first-order valence-corrected chi connectivity index (χ1v) is 6.55. The van der Waals surface area contributed by atoms with Crippen LogP contribution in [0.3, 0.4) is 0 Å². The van der Waals surface area contributed by atoms with E-state index in [1.807, 2.05) is 36.5 Å². The van der Waals surface area contributed by atoms with E-state index >= 15 is 0 Å². The average Bonchev–Trinajstić information content (AvgIpc) is 3.03. The zero-order valence-electron chi connectivity index (χ0n) is 11.3. The first-order valence-electron chi connectivity index (χ1n) is 6.55. The molecule has 102 valence electrons. The zero-order valence-corrected chi connectivity index (χ0v) is 11.3. The molecular formula is C17H13N3O. The summed E-state index contributed by atoms with van der Waals surface area (Å²) in [6.07, 6.45) is 10.1. The lowest BCUT2D eigenvalue weighted by atomic mass is 10.1. The molecule has 0 bridgehead atoms. The molecule has 0 atom stereocenters. The molecule has 4 heteroatoms. The van der Waals surface area contributed by atoms with Gasteiger partial charge in [-0.15, -0.1) is 0 Å². The minimum atomic E-state index is -0.0736. The topological polar surface area (TPSA) is 47.8 Å². The number of carbonyl (C=O) groups excluding carboxylic acids is 1. The molecule has 21 heavy (non-hydrogen) atoms. The first-order chi connectivity index (χ1) is 10.3. The Hall–Kier alpha value is -3.01. The van der Waals surface area contributed by atoms with E-state index in [1.54, 1.807) is 41.5 Å². The van der Waals surface area contributed by atoms with Crippen molar-refractivity contribution in [1.82, 2.24) is 14.8 Å². The number of allylic oxidation sites excluding steroid dienone is 1. The number of ketones is 1. The van der Waals surface area contributed by atoms with Crippen LogP contribution in [-0.4, -0.2) is 20.5 Å². The maximum Gasteiger partial charge on any atom is 0.187 e. The molecule has 0 saturated heterocycles. The molecule has 1 aromatic carbocycles. The summed E-state index contributed by atoms with van der Waals surface area (Å²) in [6.45, 7) is 0. The van der Waals surface area contributed by atoms with E-state index in [1.165, 1.54) is 6.08 Å². The van der Waals surface area contributed by atoms with E-state index in [4.69, 9.17) is 0 Å². The third-order valence-corrected chi connectivity index (χ3v) is 3.00. The Morgan fingerprint density at radius 3 is 2.67 bits per heavy atom. The summed E-state index contributed by atoms with van der Waals surface area (Å²) >= 11 is 0. The Morgan fingerprint density at radius 2 is 1.90 bits per heavy atom. The number of nitrogens with zero attached hydrogens (tertiary/aromatic N) is 3. The van der Waals surface area contributed by atoms with Gasteiger partial charge in [0, 0.05) is 29.7 Å². The van der Waals surface area contributed by atoms with E-state index in [0.29, 0.717) is 5.56 Å². The summed E-state index contributed by atoms with van der Waals surface area (Å²) in [4.78, 5) is 15.9. The monoisotopic (exact) mass is 275 g/mol. The predicted octanol–water partition coefficient (Wildman–Crippen LogP) is 3.16. The zero-order chi connectivity index (χ0) is 14.5. The van der Waals surface area contributed by atoms with Crippen molar-refractivity contribution < 1.29 is 4.79 Å². The molecule has 2 heterocycles. The third kappa shape index (κ3) is 3.12. The standard InChI is InChI=1S/C17H13N3O/c21-17(15-5-4-10-18-12-15)9-8-14-11-19-20(13-14)16-6-2-1-3-7-16/h1-13H/b9-8+. The van der Waals surface area contributed by atoms with Crippen LogP contribution in [0.2, 0.25) is 0 Å². The Labute approximate surface area is 122 Å². The van der Waals surface area contributed by atoms with E-state index in [0.717, 1.165) is 11.3 Å². The minimum absolute atomic E-state index is 0.0736. The molecule has 0 spiro atoms. The summed E-state index contributed by atoms with van der Waals surface area (Å²) < 4.78 is 1.77. The Morgan fingerprint density at radius 1 is 1.05 bits per heavy atom. The van der Waals surface area contributed by atoms with Crippen LogP contribution in [0.1, 0.15) is 15.9 Å². The highest BCUT2D eigenvalue weighted by Crippen LogP contribution is 2.09. The fourth-order valence-corrected chi connectivity index (χ4v) is 1.92. The van der Waals surface area contributed by atoms with Crippen molar-refractivity contribution in [3.8, 4) is 5.69 Å². The van der Waals surface area contributed by atoms with Crippen molar-refractivity contribution in [2.75, 3.05) is 0 Å². The second-order valence-electron chi connectivity index (χ2n) is 4.49. The van der Waals surface area contributed by atoms with Gasteiger partial charge < -0.3 is 0 Å². The van der Waals surface area contributed by atoms with Gasteiger partial charge in [-0.3, -0.25) is 9.78 Å². The van der Waals surface area contributed by atoms with Gasteiger partial charge in [0.1, 0.15) is 0 Å². The highest BCUT2D eigenvalue weighted by molar-refractivity contribution is 6.06. The highest BCUT2D eigenvalue weighted by atomic mass is 16.1. The molecule has 0 aliphatic carbocycles. The van der Waals surface area contributed by atoms with Gasteiger partial charge in [0.25, 0.3) is 0 Å². The maximum absolute atomic E-state index is 11.9. The quantitative estimate of drug-likeness (QED) is 0.543. The van der Waals surface area contributed by atoms with Crippen molar-refractivity contribution in [3.63, 3.8) is 0 Å². The van der Waals surface area contributed by atoms with Gasteiger partial charge >= 0.3 is 0 Å². The van der Waals surface area contributed by atoms with Crippen LogP contribution in [-0.2, 0) is 0 Å². The molecule has 0 radical (unpaired) electrons. The molecule has 0 fully saturated rings. The van der Waals surface area contributed by atoms with Crippen LogP contribution >= 0.6 is 0 Å². The molecule has 0 N–H and O–H groups in total. The number of para-hydroxylation sites is 1. The van der Waals surface area contributed by atoms with Crippen LogP contribution in [0, 0.1) is 0 Å². The third-order valence-electron chi connectivity index (χ3n) is 3.00. The number of rotatable bonds is 4. The second-order valence-corrected chi connectivity index (χ2v) is 4.49. The van der Waals surface area contributed by atoms with Gasteiger partial charge in [-0.1, -0.05) is 18.2 Å². The van der Waals surface area contributed by atoms with Crippen molar-refractivity contribution in [2.24, 2.45) is 0 Å². The summed E-state index contributed by atoms with van der Waals surface area (Å²) in [5, 5.41) is 4.28. The Kier molecular flexibility index (Phi) is 3.69. The highest BCUT2D eigenvalue weighted by Gasteiger charge is 2.02. The molecular weight excluding hydrogens is 262 g/mol. The normalized spacial score (nSPS) is 10.9. The van der Waals surface area contributed by atoms with Crippen LogP contribution in [0.15, 0.2) is 73.3 Å². The maximum atomic E-state index is 11.9. The van der Waals surface area contributed by atoms with Gasteiger partial charge in [0.2, 0.25) is 0 Å². The molecule has 4 nitrogen and oxygen atoms in total. The average molecular weight is 275 g/mol. The van der Waals surface area contributed by atoms with E-state index in [9.17, 15) is 4.79 Å². The molecule has 0 saturated carbocycles. The van der Waals surface area contributed by atoms with E-state index in [2.05, 4.69) is 10.1 Å². The van der Waals surface area contributed by atoms with Crippen molar-refractivity contribution in [2.45, 2.75) is 0 Å². The van der Waals surface area contributed by atoms with Crippen LogP contribution < -0.4 is 0 Å². The summed E-state index contributed by atoms with van der Waals surface area (Å²) in [5.41, 5.74) is 2.43. The number of hydrogen-bond donors (Lipinski definition) is 0. The van der Waals surface area contributed by atoms with Crippen LogP contribution in [0.4, 0.5) is 0 Å². The number of benzene rings is 1. The minimum Gasteiger partial charge on any atom is -0.289 e. The van der Waals surface area contributed by atoms with E-state index in [-0.39, 0.29) is 5.78 Å². The molecule has 0 amide bonds. The van der Waals surface area contributed by atoms with Crippen molar-refractivity contribution in [3.05, 3.63) is 84.5 Å². The summed E-state index contributed by atoms with van der Waals surface area (Å²) in [7, 11) is 0. The number of pyridine rings is 1. The van der Waals surface area contributed by atoms with E-state index < -0.39 is 0 Å². The van der Waals surface area contributed by atoms with Gasteiger partial charge in [0.05, 0.1) is 11.9 Å². The van der Waals surface area contributed by atoms with Gasteiger partial charge in [-0.2, -0.15) is 5.10 Å². The lowest BCUT2D eigenvalue weighted by Crippen LogP contribution is -1.94. The van der Waals surface area contributed by atoms with Gasteiger partial charge in [-0.25, -0.2) is 4.68 Å². The molecule has 0 aliphatic rings. The molecule has 3 rings (SSSR count). The summed E-state index contributed by atoms with van der Waals surface area (Å²) in [6, 6.07) is 13.3. The lowest BCUT2D eigenvalue weighted by molar-refractivity contribution is 0.104. The number of aromatic nitrogens is 3. The number of carbonyl (C=O) groups is 1. The Bertz CT molecular complexity index is 761. The Balaban J connectivity index is 1.76. The second kappa shape index (κ2) is 5.96. The van der Waals surface area contributed by atoms with Crippen molar-refractivity contribution in [1.29, 1.82) is 0 Å². The SMILES string of the molecule is O=C(/C=C/c1cnn(-c2ccccc2)c1)c1cccnc1. The van der Waals surface area contributed by atoms with Crippen molar-refractivity contribution >= 4 is 11.9 Å². The molecule has 3 aromatic rings. The molecule has 0 unspecified atom stereocenters. The van der Waals surface area contributed by atoms with Gasteiger partial charge in [-0.05, 0) is 36.4 Å². The number of hydrogen-bond acceptors (Lipinski definition) is 3. The predicted molar refractivity (Wildman–Crippen MR) is 81.2 cm³/mol. The molecule has 2 aromatic heterocycles. The first kappa shape index (κ1) is 13.0. The lowest BCUT2D eigenvalue weighted by Gasteiger charge is -1.98. The van der Waals surface area contributed by atoms with Crippen LogP contribution in [0.5, 0.6) is 0 Å². The summed E-state index contributed by atoms with van der Waals surface area (Å²) in [5.74, 6) is -0.0736. The van der Waals surface area contributed by atoms with Crippen LogP contribution in [0.25, 0.3) is 11.8 Å². The van der Waals surface area contributed by atoms with Gasteiger partial charge in [0.15, 0.2) is 5.78 Å². The fraction of sp³-hybridized carbons (Fsp3) is 0. The fourth-order valence-electron chi connectivity index (χ4n) is 1.92. The smallest absolute Gasteiger partial charge is 0.187 e. The molecule has 0 aliphatic heterocycles.